The number of imidazole rings is 1. The molecule has 10 nitrogen and oxygen atoms in total. The summed E-state index contributed by atoms with van der Waals surface area (Å²) < 4.78 is 29.5. The predicted molar refractivity (Wildman–Crippen MR) is 111 cm³/mol. The Kier molecular flexibility index (Phi) is 4.64. The molecule has 0 fully saturated rings. The second-order valence-electron chi connectivity index (χ2n) is 7.24. The number of fused-ring (bicyclic) bond motifs is 2. The van der Waals surface area contributed by atoms with Gasteiger partial charge in [-0.15, -0.1) is 0 Å². The number of Topliss-reactive ketones (excluding diaryl/α,β-unsaturated/α-hetero) is 1. The summed E-state index contributed by atoms with van der Waals surface area (Å²) in [4.78, 5) is 41.6. The number of hydrogen-bond donors (Lipinski definition) is 0. The van der Waals surface area contributed by atoms with Crippen LogP contribution in [0.4, 0.5) is 5.69 Å². The molecule has 4 rings (SSSR count). The van der Waals surface area contributed by atoms with Crippen LogP contribution >= 0.6 is 0 Å². The molecule has 0 radical (unpaired) electrons. The lowest BCUT2D eigenvalue weighted by Gasteiger charge is -2.18. The van der Waals surface area contributed by atoms with Gasteiger partial charge in [0, 0.05) is 26.2 Å². The van der Waals surface area contributed by atoms with Gasteiger partial charge in [-0.2, -0.15) is 0 Å². The lowest BCUT2D eigenvalue weighted by Crippen LogP contribution is -2.37. The average molecular weight is 431 g/mol. The molecule has 0 saturated heterocycles. The topological polar surface area (TPSA) is 116 Å². The molecule has 158 valence electrons. The van der Waals surface area contributed by atoms with Gasteiger partial charge in [-0.05, 0) is 37.1 Å². The van der Waals surface area contributed by atoms with Crippen LogP contribution in [0.1, 0.15) is 22.8 Å². The quantitative estimate of drug-likeness (QED) is 0.526. The maximum Gasteiger partial charge on any atom is 0.332 e. The van der Waals surface area contributed by atoms with E-state index in [9.17, 15) is 22.8 Å². The third-order valence-corrected chi connectivity index (χ3v) is 7.27. The van der Waals surface area contributed by atoms with E-state index < -0.39 is 21.3 Å². The van der Waals surface area contributed by atoms with Gasteiger partial charge in [0.15, 0.2) is 16.9 Å². The van der Waals surface area contributed by atoms with E-state index in [1.54, 1.807) is 25.1 Å². The van der Waals surface area contributed by atoms with E-state index in [1.165, 1.54) is 33.9 Å². The summed E-state index contributed by atoms with van der Waals surface area (Å²) in [6.45, 7) is 1.83. The van der Waals surface area contributed by atoms with Crippen LogP contribution in [0, 0.1) is 0 Å². The Bertz CT molecular complexity index is 1410. The molecule has 3 heterocycles. The number of aromatic nitrogens is 4. The molecule has 1 aliphatic heterocycles. The molecule has 0 unspecified atom stereocenters. The van der Waals surface area contributed by atoms with Crippen LogP contribution in [-0.2, 0) is 37.1 Å². The number of carbonyl (C=O) groups excluding carboxylic acids is 1. The Morgan fingerprint density at radius 2 is 1.90 bits per heavy atom. The third-order valence-electron chi connectivity index (χ3n) is 5.49. The highest BCUT2D eigenvalue weighted by Gasteiger charge is 2.28. The van der Waals surface area contributed by atoms with E-state index in [1.807, 2.05) is 0 Å². The second-order valence-corrected chi connectivity index (χ2v) is 9.42. The minimum atomic E-state index is -3.36. The second kappa shape index (κ2) is 6.94. The first-order valence-electron chi connectivity index (χ1n) is 9.43. The summed E-state index contributed by atoms with van der Waals surface area (Å²) in [7, 11) is -0.466. The number of carbonyl (C=O) groups is 1. The number of aryl methyl sites for hydroxylation is 1. The standard InChI is InChI=1S/C19H21N5O5S/c1-4-30(28,29)24-8-7-12-9-13(5-6-14(12)24)15(25)10-23-11-20-17-16(23)18(26)22(3)19(27)21(17)2/h5-6,9,11H,4,7-8,10H2,1-3H3. The normalized spacial score (nSPS) is 13.8. The molecule has 0 aliphatic carbocycles. The first kappa shape index (κ1) is 20.1. The Hall–Kier alpha value is -3.21. The highest BCUT2D eigenvalue weighted by atomic mass is 32.2. The zero-order chi connectivity index (χ0) is 21.8. The van der Waals surface area contributed by atoms with Crippen molar-refractivity contribution in [2.24, 2.45) is 14.1 Å². The number of anilines is 1. The smallest absolute Gasteiger partial charge is 0.317 e. The minimum Gasteiger partial charge on any atom is -0.317 e. The molecule has 30 heavy (non-hydrogen) atoms. The number of ketones is 1. The van der Waals surface area contributed by atoms with Crippen molar-refractivity contribution in [1.82, 2.24) is 18.7 Å². The summed E-state index contributed by atoms with van der Waals surface area (Å²) in [6.07, 6.45) is 1.90. The van der Waals surface area contributed by atoms with Crippen LogP contribution in [0.5, 0.6) is 0 Å². The zero-order valence-electron chi connectivity index (χ0n) is 16.8. The van der Waals surface area contributed by atoms with E-state index >= 15 is 0 Å². The van der Waals surface area contributed by atoms with E-state index in [-0.39, 0.29) is 29.2 Å². The van der Waals surface area contributed by atoms with Gasteiger partial charge in [-0.3, -0.25) is 23.0 Å². The SMILES string of the molecule is CCS(=O)(=O)N1CCc2cc(C(=O)Cn3cnc4c3c(=O)n(C)c(=O)n4C)ccc21. The van der Waals surface area contributed by atoms with Crippen molar-refractivity contribution in [2.75, 3.05) is 16.6 Å². The molecule has 1 aromatic carbocycles. The highest BCUT2D eigenvalue weighted by Crippen LogP contribution is 2.31. The summed E-state index contributed by atoms with van der Waals surface area (Å²) in [5.41, 5.74) is 1.20. The van der Waals surface area contributed by atoms with Gasteiger partial charge >= 0.3 is 5.69 Å². The maximum absolute atomic E-state index is 12.9. The molecule has 2 aromatic heterocycles. The number of benzene rings is 1. The predicted octanol–water partition coefficient (Wildman–Crippen LogP) is 0.0288. The van der Waals surface area contributed by atoms with Crippen molar-refractivity contribution in [2.45, 2.75) is 19.9 Å². The maximum atomic E-state index is 12.9. The van der Waals surface area contributed by atoms with Crippen molar-refractivity contribution >= 4 is 32.7 Å². The zero-order valence-corrected chi connectivity index (χ0v) is 17.6. The van der Waals surface area contributed by atoms with E-state index in [0.29, 0.717) is 24.2 Å². The third kappa shape index (κ3) is 2.96. The van der Waals surface area contributed by atoms with Crippen molar-refractivity contribution in [3.8, 4) is 0 Å². The molecule has 0 saturated carbocycles. The first-order chi connectivity index (χ1) is 14.2. The van der Waals surface area contributed by atoms with Gasteiger partial charge in [0.1, 0.15) is 0 Å². The molecule has 11 heteroatoms. The monoisotopic (exact) mass is 431 g/mol. The van der Waals surface area contributed by atoms with Gasteiger partial charge in [0.05, 0.1) is 24.3 Å². The molecule has 0 amide bonds. The average Bonchev–Trinajstić information content (AvgIpc) is 3.34. The number of nitrogens with zero attached hydrogens (tertiary/aromatic N) is 5. The number of sulfonamides is 1. The van der Waals surface area contributed by atoms with Crippen LogP contribution in [-0.4, -0.2) is 45.2 Å². The Labute approximate surface area is 172 Å². The number of hydrogen-bond acceptors (Lipinski definition) is 6. The fourth-order valence-corrected chi connectivity index (χ4v) is 4.91. The first-order valence-corrected chi connectivity index (χ1v) is 11.0. The molecule has 1 aliphatic rings. The van der Waals surface area contributed by atoms with Gasteiger partial charge in [0.2, 0.25) is 10.0 Å². The fourth-order valence-electron chi connectivity index (χ4n) is 3.75. The Balaban J connectivity index is 1.68. The van der Waals surface area contributed by atoms with Gasteiger partial charge < -0.3 is 4.57 Å². The van der Waals surface area contributed by atoms with E-state index in [4.69, 9.17) is 0 Å². The molecular weight excluding hydrogens is 410 g/mol. The fraction of sp³-hybridized carbons (Fsp3) is 0.368. The van der Waals surface area contributed by atoms with E-state index in [0.717, 1.165) is 10.1 Å². The molecule has 0 N–H and O–H groups in total. The van der Waals surface area contributed by atoms with Crippen LogP contribution in [0.25, 0.3) is 11.2 Å². The Morgan fingerprint density at radius 3 is 2.60 bits per heavy atom. The summed E-state index contributed by atoms with van der Waals surface area (Å²) in [5.74, 6) is -0.233. The van der Waals surface area contributed by atoms with Crippen LogP contribution in [0.3, 0.4) is 0 Å². The summed E-state index contributed by atoms with van der Waals surface area (Å²) in [5, 5.41) is 0. The molecule has 0 atom stereocenters. The lowest BCUT2D eigenvalue weighted by molar-refractivity contribution is 0.0973. The van der Waals surface area contributed by atoms with Crippen LogP contribution in [0.15, 0.2) is 34.1 Å². The van der Waals surface area contributed by atoms with Crippen LogP contribution < -0.4 is 15.6 Å². The molecular formula is C19H21N5O5S. The minimum absolute atomic E-state index is 0.0122. The van der Waals surface area contributed by atoms with Crippen molar-refractivity contribution in [1.29, 1.82) is 0 Å². The van der Waals surface area contributed by atoms with E-state index in [2.05, 4.69) is 4.98 Å². The molecule has 0 bridgehead atoms. The largest absolute Gasteiger partial charge is 0.332 e. The van der Waals surface area contributed by atoms with Crippen molar-refractivity contribution in [3.05, 3.63) is 56.5 Å². The van der Waals surface area contributed by atoms with Gasteiger partial charge in [-0.1, -0.05) is 0 Å². The number of rotatable bonds is 5. The Morgan fingerprint density at radius 1 is 1.17 bits per heavy atom. The summed E-state index contributed by atoms with van der Waals surface area (Å²) >= 11 is 0. The van der Waals surface area contributed by atoms with Gasteiger partial charge in [0.25, 0.3) is 5.56 Å². The van der Waals surface area contributed by atoms with Crippen LogP contribution in [0.2, 0.25) is 0 Å². The molecule has 0 spiro atoms. The summed E-state index contributed by atoms with van der Waals surface area (Å²) in [6, 6.07) is 4.95. The highest BCUT2D eigenvalue weighted by molar-refractivity contribution is 7.92. The van der Waals surface area contributed by atoms with Crippen molar-refractivity contribution in [3.63, 3.8) is 0 Å². The molecule has 3 aromatic rings. The van der Waals surface area contributed by atoms with Crippen molar-refractivity contribution < 1.29 is 13.2 Å². The van der Waals surface area contributed by atoms with Gasteiger partial charge in [-0.25, -0.2) is 18.2 Å². The lowest BCUT2D eigenvalue weighted by atomic mass is 10.1.